The minimum Gasteiger partial charge on any atom is -0.378 e. The quantitative estimate of drug-likeness (QED) is 0.765. The van der Waals surface area contributed by atoms with E-state index in [1.165, 1.54) is 11.8 Å². The Kier molecular flexibility index (Phi) is 5.66. The Morgan fingerprint density at radius 2 is 2.20 bits per heavy atom. The van der Waals surface area contributed by atoms with E-state index in [2.05, 4.69) is 17.1 Å². The summed E-state index contributed by atoms with van der Waals surface area (Å²) in [4.78, 5) is 25.4. The van der Waals surface area contributed by atoms with E-state index in [9.17, 15) is 9.59 Å². The van der Waals surface area contributed by atoms with Crippen LogP contribution >= 0.6 is 11.8 Å². The standard InChI is InChI=1S/C12H20N4O3S/c1-2-3-4-16-11(18)13-14-12(16)20-9-10(17)15-5-7-19-8-6-15/h2-9H2,1H3,(H,13,18). The number of carbonyl (C=O) groups excluding carboxylic acids is 1. The van der Waals surface area contributed by atoms with Gasteiger partial charge in [0.15, 0.2) is 5.16 Å². The maximum absolute atomic E-state index is 12.0. The van der Waals surface area contributed by atoms with Crippen molar-refractivity contribution in [1.29, 1.82) is 0 Å². The lowest BCUT2D eigenvalue weighted by molar-refractivity contribution is -0.132. The van der Waals surface area contributed by atoms with Gasteiger partial charge in [0.1, 0.15) is 0 Å². The predicted molar refractivity (Wildman–Crippen MR) is 75.9 cm³/mol. The van der Waals surface area contributed by atoms with Crippen molar-refractivity contribution in [2.45, 2.75) is 31.5 Å². The topological polar surface area (TPSA) is 80.2 Å². The van der Waals surface area contributed by atoms with Crippen molar-refractivity contribution in [2.24, 2.45) is 0 Å². The Balaban J connectivity index is 1.89. The third-order valence-corrected chi connectivity index (χ3v) is 4.11. The summed E-state index contributed by atoms with van der Waals surface area (Å²) in [6, 6.07) is 0. The van der Waals surface area contributed by atoms with Gasteiger partial charge in [0.25, 0.3) is 0 Å². The van der Waals surface area contributed by atoms with Crippen molar-refractivity contribution < 1.29 is 9.53 Å². The summed E-state index contributed by atoms with van der Waals surface area (Å²) in [7, 11) is 0. The second-order valence-corrected chi connectivity index (χ2v) is 5.54. The summed E-state index contributed by atoms with van der Waals surface area (Å²) >= 11 is 1.31. The van der Waals surface area contributed by atoms with Gasteiger partial charge in [0.2, 0.25) is 5.91 Å². The molecule has 1 saturated heterocycles. The molecule has 0 radical (unpaired) electrons. The first-order chi connectivity index (χ1) is 9.72. The SMILES string of the molecule is CCCCn1c(SCC(=O)N2CCOCC2)n[nH]c1=O. The molecule has 2 heterocycles. The van der Waals surface area contributed by atoms with Crippen LogP contribution in [0.2, 0.25) is 0 Å². The van der Waals surface area contributed by atoms with Gasteiger partial charge in [0.05, 0.1) is 19.0 Å². The fourth-order valence-corrected chi connectivity index (χ4v) is 2.83. The predicted octanol–water partition coefficient (Wildman–Crippen LogP) is 0.322. The number of rotatable bonds is 6. The number of amides is 1. The number of thioether (sulfide) groups is 1. The lowest BCUT2D eigenvalue weighted by Crippen LogP contribution is -2.41. The molecule has 0 unspecified atom stereocenters. The van der Waals surface area contributed by atoms with Crippen LogP contribution in [0.25, 0.3) is 0 Å². The first kappa shape index (κ1) is 15.1. The van der Waals surface area contributed by atoms with Gasteiger partial charge in [-0.25, -0.2) is 9.89 Å². The molecule has 1 aliphatic rings. The molecule has 1 amide bonds. The van der Waals surface area contributed by atoms with Gasteiger partial charge in [-0.3, -0.25) is 9.36 Å². The van der Waals surface area contributed by atoms with Crippen LogP contribution in [-0.2, 0) is 16.1 Å². The Hall–Kier alpha value is -1.28. The van der Waals surface area contributed by atoms with Crippen molar-refractivity contribution in [3.63, 3.8) is 0 Å². The van der Waals surface area contributed by atoms with Gasteiger partial charge >= 0.3 is 5.69 Å². The summed E-state index contributed by atoms with van der Waals surface area (Å²) < 4.78 is 6.81. The highest BCUT2D eigenvalue weighted by Gasteiger charge is 2.18. The van der Waals surface area contributed by atoms with Crippen LogP contribution in [0.15, 0.2) is 9.95 Å². The van der Waals surface area contributed by atoms with Gasteiger partial charge in [-0.1, -0.05) is 25.1 Å². The van der Waals surface area contributed by atoms with Crippen molar-refractivity contribution in [3.8, 4) is 0 Å². The minimum atomic E-state index is -0.209. The number of unbranched alkanes of at least 4 members (excludes halogenated alkanes) is 1. The number of nitrogens with zero attached hydrogens (tertiary/aromatic N) is 3. The molecule has 0 aromatic carbocycles. The summed E-state index contributed by atoms with van der Waals surface area (Å²) in [5.41, 5.74) is -0.209. The zero-order valence-electron chi connectivity index (χ0n) is 11.6. The molecule has 7 nitrogen and oxygen atoms in total. The van der Waals surface area contributed by atoms with Gasteiger partial charge in [-0.05, 0) is 6.42 Å². The van der Waals surface area contributed by atoms with Crippen LogP contribution in [0.4, 0.5) is 0 Å². The number of aromatic nitrogens is 3. The lowest BCUT2D eigenvalue weighted by atomic mass is 10.3. The van der Waals surface area contributed by atoms with Crippen LogP contribution < -0.4 is 5.69 Å². The maximum Gasteiger partial charge on any atom is 0.343 e. The minimum absolute atomic E-state index is 0.0655. The van der Waals surface area contributed by atoms with E-state index in [-0.39, 0.29) is 11.6 Å². The first-order valence-electron chi connectivity index (χ1n) is 6.86. The van der Waals surface area contributed by atoms with Crippen molar-refractivity contribution in [1.82, 2.24) is 19.7 Å². The highest BCUT2D eigenvalue weighted by molar-refractivity contribution is 7.99. The molecule has 0 spiro atoms. The fraction of sp³-hybridized carbons (Fsp3) is 0.750. The molecule has 0 atom stereocenters. The zero-order valence-corrected chi connectivity index (χ0v) is 12.4. The Labute approximate surface area is 121 Å². The number of morpholine rings is 1. The summed E-state index contributed by atoms with van der Waals surface area (Å²) in [6.45, 7) is 5.19. The molecule has 2 rings (SSSR count). The third kappa shape index (κ3) is 3.86. The molecular weight excluding hydrogens is 280 g/mol. The Morgan fingerprint density at radius 1 is 1.45 bits per heavy atom. The maximum atomic E-state index is 12.0. The monoisotopic (exact) mass is 300 g/mol. The van der Waals surface area contributed by atoms with Crippen molar-refractivity contribution in [3.05, 3.63) is 10.5 Å². The zero-order chi connectivity index (χ0) is 14.4. The number of ether oxygens (including phenoxy) is 1. The smallest absolute Gasteiger partial charge is 0.343 e. The molecule has 112 valence electrons. The van der Waals surface area contributed by atoms with E-state index in [4.69, 9.17) is 4.74 Å². The van der Waals surface area contributed by atoms with Gasteiger partial charge < -0.3 is 9.64 Å². The average Bonchev–Trinajstić information content (AvgIpc) is 2.84. The second-order valence-electron chi connectivity index (χ2n) is 4.60. The van der Waals surface area contributed by atoms with Gasteiger partial charge in [-0.15, -0.1) is 5.10 Å². The van der Waals surface area contributed by atoms with Crippen LogP contribution in [-0.4, -0.2) is 57.6 Å². The Morgan fingerprint density at radius 3 is 2.90 bits per heavy atom. The van der Waals surface area contributed by atoms with E-state index in [1.807, 2.05) is 0 Å². The summed E-state index contributed by atoms with van der Waals surface area (Å²) in [5.74, 6) is 0.368. The number of carbonyl (C=O) groups is 1. The molecule has 0 aliphatic carbocycles. The molecule has 1 fully saturated rings. The average molecular weight is 300 g/mol. The molecule has 1 N–H and O–H groups in total. The molecular formula is C12H20N4O3S. The summed E-state index contributed by atoms with van der Waals surface area (Å²) in [5, 5.41) is 7.01. The van der Waals surface area contributed by atoms with Crippen molar-refractivity contribution in [2.75, 3.05) is 32.1 Å². The first-order valence-corrected chi connectivity index (χ1v) is 7.84. The van der Waals surface area contributed by atoms with E-state index < -0.39 is 0 Å². The number of H-pyrrole nitrogens is 1. The summed E-state index contributed by atoms with van der Waals surface area (Å²) in [6.07, 6.45) is 1.93. The molecule has 1 aromatic heterocycles. The van der Waals surface area contributed by atoms with E-state index in [0.29, 0.717) is 43.8 Å². The fourth-order valence-electron chi connectivity index (χ4n) is 1.96. The van der Waals surface area contributed by atoms with Crippen molar-refractivity contribution >= 4 is 17.7 Å². The molecule has 20 heavy (non-hydrogen) atoms. The highest BCUT2D eigenvalue weighted by atomic mass is 32.2. The molecule has 8 heteroatoms. The van der Waals surface area contributed by atoms with E-state index in [1.54, 1.807) is 9.47 Å². The highest BCUT2D eigenvalue weighted by Crippen LogP contribution is 2.15. The van der Waals surface area contributed by atoms with Crippen LogP contribution in [0.5, 0.6) is 0 Å². The largest absolute Gasteiger partial charge is 0.378 e. The lowest BCUT2D eigenvalue weighted by Gasteiger charge is -2.26. The normalized spacial score (nSPS) is 15.6. The van der Waals surface area contributed by atoms with E-state index in [0.717, 1.165) is 12.8 Å². The van der Waals surface area contributed by atoms with Crippen LogP contribution in [0.1, 0.15) is 19.8 Å². The Bertz CT molecular complexity index is 493. The van der Waals surface area contributed by atoms with Gasteiger partial charge in [-0.2, -0.15) is 0 Å². The van der Waals surface area contributed by atoms with Crippen LogP contribution in [0, 0.1) is 0 Å². The third-order valence-electron chi connectivity index (χ3n) is 3.15. The number of hydrogen-bond acceptors (Lipinski definition) is 5. The molecule has 0 bridgehead atoms. The number of hydrogen-bond donors (Lipinski definition) is 1. The number of nitrogens with one attached hydrogen (secondary N) is 1. The number of aromatic amines is 1. The molecule has 0 saturated carbocycles. The second kappa shape index (κ2) is 7.49. The van der Waals surface area contributed by atoms with Gasteiger partial charge in [0, 0.05) is 19.6 Å². The molecule has 1 aromatic rings. The van der Waals surface area contributed by atoms with E-state index >= 15 is 0 Å². The van der Waals surface area contributed by atoms with Crippen LogP contribution in [0.3, 0.4) is 0 Å². The molecule has 1 aliphatic heterocycles.